The molecule has 0 saturated heterocycles. The van der Waals surface area contributed by atoms with Gasteiger partial charge in [0.15, 0.2) is 5.78 Å². The highest BCUT2D eigenvalue weighted by Crippen LogP contribution is 2.49. The van der Waals surface area contributed by atoms with Crippen LogP contribution in [-0.2, 0) is 14.3 Å². The average Bonchev–Trinajstić information content (AvgIpc) is 2.95. The molecule has 1 aliphatic carbocycles. The summed E-state index contributed by atoms with van der Waals surface area (Å²) >= 11 is 0. The van der Waals surface area contributed by atoms with Gasteiger partial charge in [-0.25, -0.2) is 0 Å². The van der Waals surface area contributed by atoms with Crippen LogP contribution in [0.1, 0.15) is 37.7 Å². The molecule has 130 valence electrons. The van der Waals surface area contributed by atoms with Crippen molar-refractivity contribution in [2.45, 2.75) is 32.1 Å². The molecule has 1 aromatic carbocycles. The van der Waals surface area contributed by atoms with Crippen molar-refractivity contribution < 1.29 is 24.0 Å². The van der Waals surface area contributed by atoms with Crippen LogP contribution in [0, 0.1) is 15.5 Å². The summed E-state index contributed by atoms with van der Waals surface area (Å²) in [6.45, 7) is 1.23. The molecular weight excluding hydrogens is 314 g/mol. The number of ketones is 1. The van der Waals surface area contributed by atoms with E-state index in [0.29, 0.717) is 17.7 Å². The van der Waals surface area contributed by atoms with Gasteiger partial charge in [-0.15, -0.1) is 0 Å². The standard InChI is InChI=1S/C17H21NO6/c1-3-24-16(20)17(10-6-9-15(17)19)13(11-18(21)22)12-7-4-5-8-14(12)23-2/h4-5,7-8,13H,3,6,9-11H2,1-2H3/t13-,17+/m1/s1. The molecule has 1 aromatic rings. The van der Waals surface area contributed by atoms with Crippen LogP contribution in [-0.4, -0.2) is 36.9 Å². The van der Waals surface area contributed by atoms with Crippen LogP contribution in [0.25, 0.3) is 0 Å². The number of methoxy groups -OCH3 is 1. The van der Waals surface area contributed by atoms with Crippen molar-refractivity contribution in [3.8, 4) is 5.75 Å². The van der Waals surface area contributed by atoms with Gasteiger partial charge in [-0.2, -0.15) is 0 Å². The predicted octanol–water partition coefficient (Wildman–Crippen LogP) is 2.36. The van der Waals surface area contributed by atoms with E-state index in [1.165, 1.54) is 7.11 Å². The first-order valence-corrected chi connectivity index (χ1v) is 7.92. The topological polar surface area (TPSA) is 95.7 Å². The van der Waals surface area contributed by atoms with Gasteiger partial charge in [0.2, 0.25) is 6.54 Å². The highest BCUT2D eigenvalue weighted by atomic mass is 16.6. The minimum atomic E-state index is -1.52. The number of nitro groups is 1. The molecule has 0 unspecified atom stereocenters. The molecule has 0 spiro atoms. The summed E-state index contributed by atoms with van der Waals surface area (Å²) < 4.78 is 10.4. The summed E-state index contributed by atoms with van der Waals surface area (Å²) in [6.07, 6.45) is 0.990. The van der Waals surface area contributed by atoms with E-state index in [-0.39, 0.29) is 25.2 Å². The van der Waals surface area contributed by atoms with Gasteiger partial charge in [0.05, 0.1) is 19.6 Å². The molecular formula is C17H21NO6. The Kier molecular flexibility index (Phi) is 5.54. The van der Waals surface area contributed by atoms with Crippen LogP contribution < -0.4 is 4.74 Å². The summed E-state index contributed by atoms with van der Waals surface area (Å²) in [7, 11) is 1.45. The zero-order chi connectivity index (χ0) is 17.7. The zero-order valence-corrected chi connectivity index (χ0v) is 13.8. The fourth-order valence-corrected chi connectivity index (χ4v) is 3.50. The SMILES string of the molecule is CCOC(=O)[C@]1([C@H](C[N+](=O)[O-])c2ccccc2OC)CCCC1=O. The molecule has 0 radical (unpaired) electrons. The van der Waals surface area contributed by atoms with Gasteiger partial charge < -0.3 is 9.47 Å². The minimum Gasteiger partial charge on any atom is -0.496 e. The quantitative estimate of drug-likeness (QED) is 0.328. The predicted molar refractivity (Wildman–Crippen MR) is 85.5 cm³/mol. The van der Waals surface area contributed by atoms with Crippen molar-refractivity contribution in [3.05, 3.63) is 39.9 Å². The maximum Gasteiger partial charge on any atom is 0.320 e. The Labute approximate surface area is 140 Å². The lowest BCUT2D eigenvalue weighted by atomic mass is 9.69. The minimum absolute atomic E-state index is 0.116. The van der Waals surface area contributed by atoms with Gasteiger partial charge in [0.25, 0.3) is 0 Å². The highest BCUT2D eigenvalue weighted by molar-refractivity contribution is 6.06. The molecule has 2 atom stereocenters. The van der Waals surface area contributed by atoms with Gasteiger partial charge in [-0.3, -0.25) is 19.7 Å². The number of hydrogen-bond acceptors (Lipinski definition) is 6. The third kappa shape index (κ3) is 3.11. The van der Waals surface area contributed by atoms with Gasteiger partial charge in [-0.05, 0) is 25.8 Å². The number of carbonyl (C=O) groups is 2. The van der Waals surface area contributed by atoms with E-state index in [1.54, 1.807) is 31.2 Å². The molecule has 0 aromatic heterocycles. The Morgan fingerprint density at radius 2 is 2.12 bits per heavy atom. The molecule has 7 nitrogen and oxygen atoms in total. The van der Waals surface area contributed by atoms with Crippen LogP contribution in [0.3, 0.4) is 0 Å². The first-order chi connectivity index (χ1) is 11.5. The second kappa shape index (κ2) is 7.42. The van der Waals surface area contributed by atoms with E-state index in [2.05, 4.69) is 0 Å². The van der Waals surface area contributed by atoms with E-state index < -0.39 is 28.8 Å². The molecule has 2 rings (SSSR count). The lowest BCUT2D eigenvalue weighted by Crippen LogP contribution is -2.45. The van der Waals surface area contributed by atoms with Gasteiger partial charge >= 0.3 is 5.97 Å². The fraction of sp³-hybridized carbons (Fsp3) is 0.529. The number of esters is 1. The van der Waals surface area contributed by atoms with E-state index >= 15 is 0 Å². The average molecular weight is 335 g/mol. The van der Waals surface area contributed by atoms with Crippen LogP contribution in [0.4, 0.5) is 0 Å². The fourth-order valence-electron chi connectivity index (χ4n) is 3.50. The second-order valence-corrected chi connectivity index (χ2v) is 5.78. The van der Waals surface area contributed by atoms with Crippen molar-refractivity contribution >= 4 is 11.8 Å². The van der Waals surface area contributed by atoms with Crippen molar-refractivity contribution in [2.24, 2.45) is 5.41 Å². The Morgan fingerprint density at radius 1 is 1.42 bits per heavy atom. The number of Topliss-reactive ketones (excluding diaryl/α,β-unsaturated/α-hetero) is 1. The smallest absolute Gasteiger partial charge is 0.320 e. The molecule has 1 fully saturated rings. The van der Waals surface area contributed by atoms with Gasteiger partial charge in [-0.1, -0.05) is 18.2 Å². The summed E-state index contributed by atoms with van der Waals surface area (Å²) in [5, 5.41) is 11.3. The van der Waals surface area contributed by atoms with E-state index in [1.807, 2.05) is 0 Å². The lowest BCUT2D eigenvalue weighted by molar-refractivity contribution is -0.485. The largest absolute Gasteiger partial charge is 0.496 e. The number of benzene rings is 1. The van der Waals surface area contributed by atoms with Crippen LogP contribution >= 0.6 is 0 Å². The molecule has 0 bridgehead atoms. The number of carbonyl (C=O) groups excluding carboxylic acids is 2. The second-order valence-electron chi connectivity index (χ2n) is 5.78. The van der Waals surface area contributed by atoms with Crippen molar-refractivity contribution in [1.82, 2.24) is 0 Å². The molecule has 0 heterocycles. The molecule has 0 aliphatic heterocycles. The van der Waals surface area contributed by atoms with Crippen molar-refractivity contribution in [3.63, 3.8) is 0 Å². The Hall–Kier alpha value is -2.44. The third-order valence-electron chi connectivity index (χ3n) is 4.55. The van der Waals surface area contributed by atoms with Gasteiger partial charge in [0.1, 0.15) is 11.2 Å². The molecule has 1 aliphatic rings. The Morgan fingerprint density at radius 3 is 2.67 bits per heavy atom. The summed E-state index contributed by atoms with van der Waals surface area (Å²) in [5.74, 6) is -1.46. The lowest BCUT2D eigenvalue weighted by Gasteiger charge is -2.32. The van der Waals surface area contributed by atoms with Crippen molar-refractivity contribution in [2.75, 3.05) is 20.3 Å². The summed E-state index contributed by atoms with van der Waals surface area (Å²) in [6, 6.07) is 6.78. The molecule has 24 heavy (non-hydrogen) atoms. The maximum atomic E-state index is 12.7. The third-order valence-corrected chi connectivity index (χ3v) is 4.55. The molecule has 0 N–H and O–H groups in total. The number of rotatable bonds is 7. The number of ether oxygens (including phenoxy) is 2. The monoisotopic (exact) mass is 335 g/mol. The van der Waals surface area contributed by atoms with Crippen molar-refractivity contribution in [1.29, 1.82) is 0 Å². The highest BCUT2D eigenvalue weighted by Gasteiger charge is 2.58. The van der Waals surface area contributed by atoms with E-state index in [4.69, 9.17) is 9.47 Å². The summed E-state index contributed by atoms with van der Waals surface area (Å²) in [4.78, 5) is 36.1. The van der Waals surface area contributed by atoms with Gasteiger partial charge in [0, 0.05) is 16.9 Å². The normalized spacial score (nSPS) is 21.3. The molecule has 1 saturated carbocycles. The molecule has 0 amide bonds. The maximum absolute atomic E-state index is 12.7. The van der Waals surface area contributed by atoms with Crippen LogP contribution in [0.2, 0.25) is 0 Å². The van der Waals surface area contributed by atoms with Crippen LogP contribution in [0.5, 0.6) is 5.75 Å². The molecule has 7 heteroatoms. The zero-order valence-electron chi connectivity index (χ0n) is 13.8. The first kappa shape index (κ1) is 17.9. The van der Waals surface area contributed by atoms with Crippen LogP contribution in [0.15, 0.2) is 24.3 Å². The number of para-hydroxylation sites is 1. The summed E-state index contributed by atoms with van der Waals surface area (Å²) in [5.41, 5.74) is -1.03. The first-order valence-electron chi connectivity index (χ1n) is 7.92. The van der Waals surface area contributed by atoms with E-state index in [9.17, 15) is 19.7 Å². The Bertz CT molecular complexity index is 644. The Balaban J connectivity index is 2.61. The number of hydrogen-bond donors (Lipinski definition) is 0. The van der Waals surface area contributed by atoms with E-state index in [0.717, 1.165) is 0 Å². The number of nitrogens with zero attached hydrogens (tertiary/aromatic N) is 1.